The molecule has 158 valence electrons. The maximum atomic E-state index is 13.5. The molecular weight excluding hydrogens is 426 g/mol. The van der Waals surface area contributed by atoms with Crippen LogP contribution >= 0.6 is 0 Å². The second-order valence-electron chi connectivity index (χ2n) is 6.16. The monoisotopic (exact) mass is 440 g/mol. The second-order valence-corrected chi connectivity index (χ2v) is 8.18. The molecule has 0 aliphatic heterocycles. The van der Waals surface area contributed by atoms with Crippen LogP contribution in [0.5, 0.6) is 0 Å². The lowest BCUT2D eigenvalue weighted by Gasteiger charge is -2.24. The zero-order valence-corrected chi connectivity index (χ0v) is 15.7. The highest BCUT2D eigenvalue weighted by molar-refractivity contribution is 7.90. The van der Waals surface area contributed by atoms with Gasteiger partial charge in [-0.05, 0) is 30.7 Å². The Hall–Kier alpha value is -2.56. The number of hydrogen-bond acceptors (Lipinski definition) is 4. The number of carbonyl (C=O) groups is 1. The molecule has 0 bridgehead atoms. The third-order valence-electron chi connectivity index (χ3n) is 3.93. The molecule has 2 aromatic rings. The number of hydrogen-bond donors (Lipinski definition) is 0. The van der Waals surface area contributed by atoms with Crippen molar-refractivity contribution >= 4 is 15.8 Å². The maximum Gasteiger partial charge on any atom is 0.429 e. The third kappa shape index (κ3) is 5.28. The molecule has 0 aromatic heterocycles. The lowest BCUT2D eigenvalue weighted by Crippen LogP contribution is -2.28. The number of aryl methyl sites for hydroxylation is 1. The SMILES string of the molecule is Cc1ccc(S(C)(=O)=O)cc1C(=O)OC(c1ccccc1C(F)(F)F)C(F)(F)F. The summed E-state index contributed by atoms with van der Waals surface area (Å²) in [5, 5.41) is 0. The Bertz CT molecular complexity index is 1030. The summed E-state index contributed by atoms with van der Waals surface area (Å²) in [5.74, 6) is -1.60. The highest BCUT2D eigenvalue weighted by Crippen LogP contribution is 2.42. The van der Waals surface area contributed by atoms with Gasteiger partial charge in [-0.2, -0.15) is 26.3 Å². The average molecular weight is 440 g/mol. The van der Waals surface area contributed by atoms with Crippen molar-refractivity contribution in [1.82, 2.24) is 0 Å². The van der Waals surface area contributed by atoms with Crippen LogP contribution in [0.1, 0.15) is 33.2 Å². The minimum Gasteiger partial charge on any atom is -0.444 e. The van der Waals surface area contributed by atoms with E-state index in [1.165, 1.54) is 13.0 Å². The summed E-state index contributed by atoms with van der Waals surface area (Å²) >= 11 is 0. The van der Waals surface area contributed by atoms with Crippen molar-refractivity contribution in [2.24, 2.45) is 0 Å². The third-order valence-corrected chi connectivity index (χ3v) is 5.04. The predicted octanol–water partition coefficient (Wildman–Crippen LogP) is 4.88. The van der Waals surface area contributed by atoms with Crippen LogP contribution in [-0.2, 0) is 20.8 Å². The molecule has 0 aliphatic carbocycles. The fourth-order valence-electron chi connectivity index (χ4n) is 2.51. The van der Waals surface area contributed by atoms with E-state index in [1.807, 2.05) is 0 Å². The predicted molar refractivity (Wildman–Crippen MR) is 89.9 cm³/mol. The molecule has 0 radical (unpaired) electrons. The van der Waals surface area contributed by atoms with Gasteiger partial charge in [0.2, 0.25) is 6.10 Å². The first kappa shape index (κ1) is 22.7. The minimum atomic E-state index is -5.35. The van der Waals surface area contributed by atoms with E-state index in [9.17, 15) is 39.6 Å². The quantitative estimate of drug-likeness (QED) is 0.503. The normalized spacial score (nSPS) is 13.8. The number of carbonyl (C=O) groups excluding carboxylic acids is 1. The second kappa shape index (κ2) is 7.69. The first-order chi connectivity index (χ1) is 13.1. The number of rotatable bonds is 4. The summed E-state index contributed by atoms with van der Waals surface area (Å²) in [6.07, 6.45) is -12.8. The first-order valence-electron chi connectivity index (χ1n) is 7.87. The average Bonchev–Trinajstić information content (AvgIpc) is 2.57. The van der Waals surface area contributed by atoms with Gasteiger partial charge in [0, 0.05) is 11.8 Å². The summed E-state index contributed by atoms with van der Waals surface area (Å²) in [6, 6.07) is 6.00. The molecule has 0 amide bonds. The largest absolute Gasteiger partial charge is 0.444 e. The molecule has 0 fully saturated rings. The first-order valence-corrected chi connectivity index (χ1v) is 9.76. The summed E-state index contributed by atoms with van der Waals surface area (Å²) < 4.78 is 107. The number of esters is 1. The molecule has 0 aliphatic rings. The number of benzene rings is 2. The van der Waals surface area contributed by atoms with Gasteiger partial charge in [-0.1, -0.05) is 24.3 Å². The van der Waals surface area contributed by atoms with Crippen LogP contribution in [0.4, 0.5) is 26.3 Å². The van der Waals surface area contributed by atoms with Gasteiger partial charge in [0.05, 0.1) is 16.0 Å². The Morgan fingerprint density at radius 1 is 1.00 bits per heavy atom. The van der Waals surface area contributed by atoms with E-state index in [2.05, 4.69) is 4.74 Å². The van der Waals surface area contributed by atoms with E-state index in [4.69, 9.17) is 0 Å². The summed E-state index contributed by atoms with van der Waals surface area (Å²) in [7, 11) is -3.79. The van der Waals surface area contributed by atoms with Gasteiger partial charge in [0.1, 0.15) is 0 Å². The van der Waals surface area contributed by atoms with Gasteiger partial charge >= 0.3 is 18.3 Å². The van der Waals surface area contributed by atoms with Crippen molar-refractivity contribution in [3.05, 3.63) is 64.7 Å². The maximum absolute atomic E-state index is 13.5. The van der Waals surface area contributed by atoms with E-state index in [0.29, 0.717) is 12.1 Å². The van der Waals surface area contributed by atoms with Gasteiger partial charge in [-0.25, -0.2) is 13.2 Å². The lowest BCUT2D eigenvalue weighted by molar-refractivity contribution is -0.209. The number of ether oxygens (including phenoxy) is 1. The molecule has 0 spiro atoms. The van der Waals surface area contributed by atoms with Crippen LogP contribution in [-0.4, -0.2) is 26.8 Å². The molecule has 0 heterocycles. The fourth-order valence-corrected chi connectivity index (χ4v) is 3.16. The van der Waals surface area contributed by atoms with Crippen molar-refractivity contribution < 1.29 is 44.3 Å². The van der Waals surface area contributed by atoms with Crippen molar-refractivity contribution in [3.8, 4) is 0 Å². The summed E-state index contributed by atoms with van der Waals surface area (Å²) in [5.41, 5.74) is -3.30. The molecule has 2 rings (SSSR count). The van der Waals surface area contributed by atoms with Crippen molar-refractivity contribution in [2.45, 2.75) is 30.3 Å². The Balaban J connectivity index is 2.53. The smallest absolute Gasteiger partial charge is 0.429 e. The summed E-state index contributed by atoms with van der Waals surface area (Å²) in [4.78, 5) is 12.0. The van der Waals surface area contributed by atoms with Gasteiger partial charge in [-0.15, -0.1) is 0 Å². The zero-order chi connectivity index (χ0) is 22.2. The molecule has 11 heteroatoms. The van der Waals surface area contributed by atoms with E-state index < -0.39 is 51.0 Å². The van der Waals surface area contributed by atoms with E-state index in [0.717, 1.165) is 30.5 Å². The molecule has 0 saturated carbocycles. The standard InChI is InChI=1S/C18H14F6O4S/c1-10-7-8-11(29(2,26)27)9-13(10)16(25)28-15(18(22,23)24)12-5-3-4-6-14(12)17(19,20)21/h3-9,15H,1-2H3. The molecule has 2 aromatic carbocycles. The Morgan fingerprint density at radius 3 is 2.10 bits per heavy atom. The zero-order valence-electron chi connectivity index (χ0n) is 14.9. The van der Waals surface area contributed by atoms with E-state index >= 15 is 0 Å². The minimum absolute atomic E-state index is 0.0902. The number of halogens is 6. The number of sulfone groups is 1. The highest BCUT2D eigenvalue weighted by atomic mass is 32.2. The molecule has 0 N–H and O–H groups in total. The number of alkyl halides is 6. The fraction of sp³-hybridized carbons (Fsp3) is 0.278. The molecule has 29 heavy (non-hydrogen) atoms. The van der Waals surface area contributed by atoms with Crippen LogP contribution < -0.4 is 0 Å². The lowest BCUT2D eigenvalue weighted by atomic mass is 10.0. The van der Waals surface area contributed by atoms with Crippen LogP contribution in [0.2, 0.25) is 0 Å². The topological polar surface area (TPSA) is 60.4 Å². The Morgan fingerprint density at radius 2 is 1.59 bits per heavy atom. The van der Waals surface area contributed by atoms with Crippen molar-refractivity contribution in [3.63, 3.8) is 0 Å². The van der Waals surface area contributed by atoms with Crippen molar-refractivity contribution in [1.29, 1.82) is 0 Å². The van der Waals surface area contributed by atoms with Crippen LogP contribution in [0.15, 0.2) is 47.4 Å². The van der Waals surface area contributed by atoms with Gasteiger partial charge < -0.3 is 4.74 Å². The molecule has 4 nitrogen and oxygen atoms in total. The Kier molecular flexibility index (Phi) is 6.03. The van der Waals surface area contributed by atoms with Crippen LogP contribution in [0.25, 0.3) is 0 Å². The summed E-state index contributed by atoms with van der Waals surface area (Å²) in [6.45, 7) is 1.31. The molecule has 1 unspecified atom stereocenters. The van der Waals surface area contributed by atoms with E-state index in [-0.39, 0.29) is 10.5 Å². The molecular formula is C18H14F6O4S. The van der Waals surface area contributed by atoms with Crippen LogP contribution in [0, 0.1) is 6.92 Å². The molecule has 1 atom stereocenters. The van der Waals surface area contributed by atoms with E-state index in [1.54, 1.807) is 0 Å². The van der Waals surface area contributed by atoms with Gasteiger partial charge in [0.15, 0.2) is 9.84 Å². The molecule has 0 saturated heterocycles. The highest BCUT2D eigenvalue weighted by Gasteiger charge is 2.48. The Labute approximate surface area is 162 Å². The van der Waals surface area contributed by atoms with Crippen LogP contribution in [0.3, 0.4) is 0 Å². The van der Waals surface area contributed by atoms with Gasteiger partial charge in [0.25, 0.3) is 0 Å². The van der Waals surface area contributed by atoms with Crippen molar-refractivity contribution in [2.75, 3.05) is 6.26 Å². The van der Waals surface area contributed by atoms with Gasteiger partial charge in [-0.3, -0.25) is 0 Å².